The molecule has 1 amide bonds. The van der Waals surface area contributed by atoms with Gasteiger partial charge in [-0.3, -0.25) is 9.78 Å². The van der Waals surface area contributed by atoms with E-state index in [1.54, 1.807) is 37.4 Å². The summed E-state index contributed by atoms with van der Waals surface area (Å²) in [6.45, 7) is 1.72. The number of nitrogens with zero attached hydrogens (tertiary/aromatic N) is 2. The second-order valence-corrected chi connectivity index (χ2v) is 5.56. The molecule has 1 aromatic carbocycles. The quantitative estimate of drug-likeness (QED) is 0.428. The number of terminal acetylenes is 1. The van der Waals surface area contributed by atoms with Crippen LogP contribution in [0.15, 0.2) is 70.7 Å². The third-order valence-corrected chi connectivity index (χ3v) is 3.83. The highest BCUT2D eigenvalue weighted by Crippen LogP contribution is 2.22. The van der Waals surface area contributed by atoms with E-state index in [-0.39, 0.29) is 11.8 Å². The minimum absolute atomic E-state index is 0.288. The maximum Gasteiger partial charge on any atom is 0.257 e. The van der Waals surface area contributed by atoms with Gasteiger partial charge in [-0.2, -0.15) is 0 Å². The van der Waals surface area contributed by atoms with E-state index in [9.17, 15) is 4.79 Å². The van der Waals surface area contributed by atoms with E-state index in [2.05, 4.69) is 21.2 Å². The minimum Gasteiger partial charge on any atom is -0.499 e. The number of nitrogens with one attached hydrogen (secondary N) is 1. The van der Waals surface area contributed by atoms with Gasteiger partial charge >= 0.3 is 0 Å². The van der Waals surface area contributed by atoms with Crippen molar-refractivity contribution < 1.29 is 13.9 Å². The molecule has 2 aromatic heterocycles. The van der Waals surface area contributed by atoms with Crippen LogP contribution in [0.1, 0.15) is 23.2 Å². The summed E-state index contributed by atoms with van der Waals surface area (Å²) in [5, 5.41) is 2.79. The number of amides is 1. The molecular weight excluding hydrogens is 342 g/mol. The molecule has 27 heavy (non-hydrogen) atoms. The van der Waals surface area contributed by atoms with Crippen molar-refractivity contribution in [3.8, 4) is 12.3 Å². The van der Waals surface area contributed by atoms with Crippen LogP contribution in [-0.4, -0.2) is 23.0 Å². The molecule has 2 heterocycles. The molecule has 0 unspecified atom stereocenters. The molecule has 0 aliphatic rings. The third kappa shape index (κ3) is 4.05. The highest BCUT2D eigenvalue weighted by molar-refractivity contribution is 5.95. The number of para-hydroxylation sites is 2. The van der Waals surface area contributed by atoms with Gasteiger partial charge in [0.05, 0.1) is 23.9 Å². The van der Waals surface area contributed by atoms with Crippen LogP contribution >= 0.6 is 0 Å². The van der Waals surface area contributed by atoms with Crippen LogP contribution in [0, 0.1) is 12.3 Å². The Hall–Kier alpha value is -3.85. The number of ether oxygens (including phenoxy) is 1. The number of benzene rings is 1. The predicted octanol–water partition coefficient (Wildman–Crippen LogP) is 3.55. The number of carbonyl (C=O) groups is 1. The van der Waals surface area contributed by atoms with Gasteiger partial charge in [-0.1, -0.05) is 18.1 Å². The van der Waals surface area contributed by atoms with Gasteiger partial charge in [0.1, 0.15) is 11.3 Å². The standard InChI is InChI=1S/C21H17N3O3/c1-4-15(21-24-17-9-5-6-10-19(17)27-21)12-18(14(2)26-3)23-20(25)16-8-7-11-22-13-16/h1,5-13H,2-3H3,(H,23,25)/b15-12+,18-14-. The molecule has 0 saturated heterocycles. The zero-order chi connectivity index (χ0) is 19.2. The van der Waals surface area contributed by atoms with Gasteiger partial charge in [-0.15, -0.1) is 6.42 Å². The fourth-order valence-corrected chi connectivity index (χ4v) is 2.32. The summed E-state index contributed by atoms with van der Waals surface area (Å²) in [6.07, 6.45) is 10.3. The van der Waals surface area contributed by atoms with Gasteiger partial charge in [0, 0.05) is 12.4 Å². The summed E-state index contributed by atoms with van der Waals surface area (Å²) >= 11 is 0. The lowest BCUT2D eigenvalue weighted by molar-refractivity contribution is 0.0964. The van der Waals surface area contributed by atoms with Gasteiger partial charge in [0.25, 0.3) is 5.91 Å². The minimum atomic E-state index is -0.334. The number of hydrogen-bond donors (Lipinski definition) is 1. The maximum atomic E-state index is 12.5. The lowest BCUT2D eigenvalue weighted by Crippen LogP contribution is -2.23. The van der Waals surface area contributed by atoms with Gasteiger partial charge < -0.3 is 14.5 Å². The lowest BCUT2D eigenvalue weighted by Gasteiger charge is -2.10. The van der Waals surface area contributed by atoms with Crippen LogP contribution in [0.25, 0.3) is 16.7 Å². The first-order valence-electron chi connectivity index (χ1n) is 8.13. The molecular formula is C21H17N3O3. The second kappa shape index (κ2) is 8.02. The molecule has 6 heteroatoms. The number of carbonyl (C=O) groups excluding carboxylic acids is 1. The van der Waals surface area contributed by atoms with Crippen molar-refractivity contribution in [1.29, 1.82) is 0 Å². The number of methoxy groups -OCH3 is 1. The average Bonchev–Trinajstić information content (AvgIpc) is 3.14. The highest BCUT2D eigenvalue weighted by Gasteiger charge is 2.14. The Morgan fingerprint density at radius 2 is 2.11 bits per heavy atom. The van der Waals surface area contributed by atoms with Gasteiger partial charge in [0.2, 0.25) is 5.89 Å². The van der Waals surface area contributed by atoms with E-state index >= 15 is 0 Å². The average molecular weight is 359 g/mol. The number of fused-ring (bicyclic) bond motifs is 1. The van der Waals surface area contributed by atoms with Crippen molar-refractivity contribution in [3.63, 3.8) is 0 Å². The van der Waals surface area contributed by atoms with Gasteiger partial charge in [-0.25, -0.2) is 4.98 Å². The lowest BCUT2D eigenvalue weighted by atomic mass is 10.2. The first kappa shape index (κ1) is 18.0. The van der Waals surface area contributed by atoms with Crippen molar-refractivity contribution in [2.45, 2.75) is 6.92 Å². The zero-order valence-electron chi connectivity index (χ0n) is 14.9. The summed E-state index contributed by atoms with van der Waals surface area (Å²) < 4.78 is 11.0. The molecule has 0 bridgehead atoms. The van der Waals surface area contributed by atoms with E-state index in [4.69, 9.17) is 15.6 Å². The Bertz CT molecular complexity index is 1040. The summed E-state index contributed by atoms with van der Waals surface area (Å²) in [6, 6.07) is 10.7. The topological polar surface area (TPSA) is 77.2 Å². The molecule has 0 aliphatic heterocycles. The number of aromatic nitrogens is 2. The van der Waals surface area contributed by atoms with Crippen LogP contribution < -0.4 is 5.32 Å². The smallest absolute Gasteiger partial charge is 0.257 e. The maximum absolute atomic E-state index is 12.5. The number of rotatable bonds is 5. The van der Waals surface area contributed by atoms with Crippen molar-refractivity contribution in [3.05, 3.63) is 77.8 Å². The molecule has 0 aliphatic carbocycles. The molecule has 134 valence electrons. The fourth-order valence-electron chi connectivity index (χ4n) is 2.32. The zero-order valence-corrected chi connectivity index (χ0v) is 14.9. The van der Waals surface area contributed by atoms with E-state index in [1.165, 1.54) is 13.3 Å². The van der Waals surface area contributed by atoms with Crippen LogP contribution in [0.4, 0.5) is 0 Å². The van der Waals surface area contributed by atoms with Crippen LogP contribution in [-0.2, 0) is 4.74 Å². The fraction of sp³-hybridized carbons (Fsp3) is 0.0952. The van der Waals surface area contributed by atoms with E-state index < -0.39 is 0 Å². The van der Waals surface area contributed by atoms with E-state index in [0.717, 1.165) is 0 Å². The number of hydrogen-bond acceptors (Lipinski definition) is 5. The number of pyridine rings is 1. The molecule has 6 nitrogen and oxygen atoms in total. The molecule has 3 aromatic rings. The molecule has 1 N–H and O–H groups in total. The third-order valence-electron chi connectivity index (χ3n) is 3.83. The van der Waals surface area contributed by atoms with E-state index in [0.29, 0.717) is 33.7 Å². The molecule has 0 spiro atoms. The predicted molar refractivity (Wildman–Crippen MR) is 102 cm³/mol. The Labute approximate surface area is 156 Å². The summed E-state index contributed by atoms with van der Waals surface area (Å²) in [4.78, 5) is 20.8. The summed E-state index contributed by atoms with van der Waals surface area (Å²) in [7, 11) is 1.51. The largest absolute Gasteiger partial charge is 0.499 e. The SMILES string of the molecule is C#C/C(=C\C(NC(=O)c1cccnc1)=C(/C)OC)c1nc2ccccc2o1. The van der Waals surface area contributed by atoms with Crippen molar-refractivity contribution in [1.82, 2.24) is 15.3 Å². The first-order chi connectivity index (χ1) is 13.1. The van der Waals surface area contributed by atoms with E-state index in [1.807, 2.05) is 18.2 Å². The van der Waals surface area contributed by atoms with Crippen molar-refractivity contribution in [2.75, 3.05) is 7.11 Å². The summed E-state index contributed by atoms with van der Waals surface area (Å²) in [5.74, 6) is 2.99. The Morgan fingerprint density at radius 3 is 2.78 bits per heavy atom. The Morgan fingerprint density at radius 1 is 1.30 bits per heavy atom. The van der Waals surface area contributed by atoms with Crippen molar-refractivity contribution >= 4 is 22.6 Å². The molecule has 0 radical (unpaired) electrons. The van der Waals surface area contributed by atoms with Crippen LogP contribution in [0.5, 0.6) is 0 Å². The Balaban J connectivity index is 1.97. The highest BCUT2D eigenvalue weighted by atomic mass is 16.5. The molecule has 3 rings (SSSR count). The van der Waals surface area contributed by atoms with Crippen LogP contribution in [0.3, 0.4) is 0 Å². The summed E-state index contributed by atoms with van der Waals surface area (Å²) in [5.41, 5.74) is 2.52. The van der Waals surface area contributed by atoms with Crippen LogP contribution in [0.2, 0.25) is 0 Å². The molecule has 0 fully saturated rings. The second-order valence-electron chi connectivity index (χ2n) is 5.56. The normalized spacial score (nSPS) is 12.3. The number of oxazole rings is 1. The molecule has 0 saturated carbocycles. The monoisotopic (exact) mass is 359 g/mol. The van der Waals surface area contributed by atoms with Gasteiger partial charge in [0.15, 0.2) is 5.58 Å². The first-order valence-corrected chi connectivity index (χ1v) is 8.13. The molecule has 0 atom stereocenters. The van der Waals surface area contributed by atoms with Crippen molar-refractivity contribution in [2.24, 2.45) is 0 Å². The van der Waals surface area contributed by atoms with Gasteiger partial charge in [-0.05, 0) is 37.3 Å². The Kier molecular flexibility index (Phi) is 5.33. The number of allylic oxidation sites excluding steroid dienone is 3.